The Bertz CT molecular complexity index is 409. The van der Waals surface area contributed by atoms with Gasteiger partial charge in [-0.1, -0.05) is 20.8 Å². The van der Waals surface area contributed by atoms with Crippen LogP contribution in [-0.4, -0.2) is 77.2 Å². The fourth-order valence-electron chi connectivity index (χ4n) is 3.91. The number of carbonyl (C=O) groups is 1. The van der Waals surface area contributed by atoms with Crippen molar-refractivity contribution in [1.29, 1.82) is 0 Å². The highest BCUT2D eigenvalue weighted by Gasteiger charge is 2.38. The van der Waals surface area contributed by atoms with Crippen LogP contribution < -0.4 is 0 Å². The molecule has 0 saturated carbocycles. The largest absolute Gasteiger partial charge is 0.390 e. The average Bonchev–Trinajstić information content (AvgIpc) is 2.54. The highest BCUT2D eigenvalue weighted by atomic mass is 16.5. The number of nitrogens with zero attached hydrogens (tertiary/aromatic N) is 1. The number of hydrogen-bond acceptors (Lipinski definition) is 6. The molecular weight excluding hydrogens is 346 g/mol. The minimum absolute atomic E-state index is 0.0395. The van der Waals surface area contributed by atoms with Crippen LogP contribution in [0, 0.1) is 11.8 Å². The van der Waals surface area contributed by atoms with Crippen molar-refractivity contribution in [1.82, 2.24) is 4.90 Å². The molecule has 0 heterocycles. The normalized spacial score (nSPS) is 21.1. The first-order valence-electron chi connectivity index (χ1n) is 10.2. The summed E-state index contributed by atoms with van der Waals surface area (Å²) in [5.41, 5.74) is -2.09. The first kappa shape index (κ1) is 26.5. The molecule has 0 spiro atoms. The number of hydrogen-bond donors (Lipinski definition) is 3. The lowest BCUT2D eigenvalue weighted by molar-refractivity contribution is -0.151. The van der Waals surface area contributed by atoms with E-state index >= 15 is 0 Å². The number of aldehydes is 1. The molecule has 6 nitrogen and oxygen atoms in total. The van der Waals surface area contributed by atoms with Crippen LogP contribution in [0.3, 0.4) is 0 Å². The summed E-state index contributed by atoms with van der Waals surface area (Å²) in [4.78, 5) is 12.7. The Balaban J connectivity index is 4.47. The van der Waals surface area contributed by atoms with Crippen LogP contribution in [-0.2, 0) is 9.53 Å². The summed E-state index contributed by atoms with van der Waals surface area (Å²) >= 11 is 0. The monoisotopic (exact) mass is 389 g/mol. The maximum absolute atomic E-state index is 10.7. The van der Waals surface area contributed by atoms with Gasteiger partial charge in [0.25, 0.3) is 0 Å². The van der Waals surface area contributed by atoms with E-state index in [4.69, 9.17) is 4.74 Å². The van der Waals surface area contributed by atoms with Crippen molar-refractivity contribution in [2.24, 2.45) is 11.8 Å². The minimum Gasteiger partial charge on any atom is -0.390 e. The highest BCUT2D eigenvalue weighted by Crippen LogP contribution is 2.25. The van der Waals surface area contributed by atoms with E-state index in [0.29, 0.717) is 32.4 Å². The molecule has 0 rings (SSSR count). The Morgan fingerprint density at radius 3 is 2.26 bits per heavy atom. The number of rotatable bonds is 15. The van der Waals surface area contributed by atoms with Gasteiger partial charge in [-0.15, -0.1) is 0 Å². The fourth-order valence-corrected chi connectivity index (χ4v) is 3.91. The van der Waals surface area contributed by atoms with E-state index < -0.39 is 23.4 Å². The van der Waals surface area contributed by atoms with E-state index in [-0.39, 0.29) is 11.8 Å². The average molecular weight is 390 g/mol. The molecular formula is C21H43NO5. The molecule has 0 aromatic carbocycles. The molecule has 0 fully saturated rings. The molecule has 0 aromatic rings. The van der Waals surface area contributed by atoms with Gasteiger partial charge in [0.1, 0.15) is 11.9 Å². The van der Waals surface area contributed by atoms with Crippen molar-refractivity contribution < 1.29 is 24.9 Å². The lowest BCUT2D eigenvalue weighted by Gasteiger charge is -2.37. The molecule has 0 aromatic heterocycles. The first-order chi connectivity index (χ1) is 12.4. The highest BCUT2D eigenvalue weighted by molar-refractivity contribution is 5.52. The minimum atomic E-state index is -1.32. The Morgan fingerprint density at radius 2 is 1.78 bits per heavy atom. The molecule has 0 aliphatic carbocycles. The van der Waals surface area contributed by atoms with Crippen LogP contribution >= 0.6 is 0 Å². The Kier molecular flexibility index (Phi) is 11.9. The van der Waals surface area contributed by atoms with Gasteiger partial charge in [-0.25, -0.2) is 0 Å². The van der Waals surface area contributed by atoms with E-state index in [9.17, 15) is 20.1 Å². The molecule has 162 valence electrons. The summed E-state index contributed by atoms with van der Waals surface area (Å²) in [6.07, 6.45) is 3.17. The van der Waals surface area contributed by atoms with Crippen molar-refractivity contribution in [2.45, 2.75) is 90.1 Å². The standard InChI is InChI=1S/C21H43NO5/c1-8-19(27-7)21(5,26)18(24)14-22(6)13-17(3)12-20(4,25)11-9-10-16(2)15-23/h15-19,24-26H,8-14H2,1-7H3/t16?,17-,18?,19-,20?,21+/m1/s1. The Hall–Kier alpha value is -0.530. The SMILES string of the molecule is CC[C@@H](OC)[C@@](C)(O)C(O)CN(C)C[C@H](C)CC(C)(O)CCCC(C)C=O. The first-order valence-corrected chi connectivity index (χ1v) is 10.2. The molecule has 0 bridgehead atoms. The molecule has 6 heteroatoms. The van der Waals surface area contributed by atoms with E-state index in [0.717, 1.165) is 19.1 Å². The van der Waals surface area contributed by atoms with Gasteiger partial charge in [0.2, 0.25) is 0 Å². The molecule has 3 N–H and O–H groups in total. The third kappa shape index (κ3) is 9.99. The van der Waals surface area contributed by atoms with E-state index in [1.165, 1.54) is 0 Å². The van der Waals surface area contributed by atoms with Crippen LogP contribution in [0.5, 0.6) is 0 Å². The smallest absolute Gasteiger partial charge is 0.122 e. The van der Waals surface area contributed by atoms with Crippen molar-refractivity contribution in [2.75, 3.05) is 27.2 Å². The number of methoxy groups -OCH3 is 1. The number of ether oxygens (including phenoxy) is 1. The van der Waals surface area contributed by atoms with Gasteiger partial charge in [0.15, 0.2) is 0 Å². The number of likely N-dealkylation sites (N-methyl/N-ethyl adjacent to an activating group) is 1. The molecule has 0 saturated heterocycles. The van der Waals surface area contributed by atoms with Crippen molar-refractivity contribution in [3.8, 4) is 0 Å². The predicted octanol–water partition coefficient (Wildman–Crippen LogP) is 2.24. The summed E-state index contributed by atoms with van der Waals surface area (Å²) in [6, 6.07) is 0. The van der Waals surface area contributed by atoms with Crippen LogP contribution in [0.1, 0.15) is 66.7 Å². The quantitative estimate of drug-likeness (QED) is 0.372. The van der Waals surface area contributed by atoms with Gasteiger partial charge in [-0.05, 0) is 58.9 Å². The zero-order valence-electron chi connectivity index (χ0n) is 18.4. The van der Waals surface area contributed by atoms with E-state index in [1.54, 1.807) is 14.0 Å². The predicted molar refractivity (Wildman–Crippen MR) is 109 cm³/mol. The topological polar surface area (TPSA) is 90.2 Å². The summed E-state index contributed by atoms with van der Waals surface area (Å²) in [7, 11) is 3.45. The zero-order valence-corrected chi connectivity index (χ0v) is 18.4. The molecule has 0 amide bonds. The van der Waals surface area contributed by atoms with Crippen molar-refractivity contribution >= 4 is 6.29 Å². The van der Waals surface area contributed by atoms with Gasteiger partial charge >= 0.3 is 0 Å². The summed E-state index contributed by atoms with van der Waals surface area (Å²) < 4.78 is 5.29. The van der Waals surface area contributed by atoms with Gasteiger partial charge in [-0.3, -0.25) is 0 Å². The van der Waals surface area contributed by atoms with Gasteiger partial charge < -0.3 is 29.8 Å². The number of carbonyl (C=O) groups excluding carboxylic acids is 1. The number of aliphatic hydroxyl groups is 3. The molecule has 6 atom stereocenters. The third-order valence-corrected chi connectivity index (χ3v) is 5.49. The summed E-state index contributed by atoms with van der Waals surface area (Å²) in [5, 5.41) is 31.7. The third-order valence-electron chi connectivity index (χ3n) is 5.49. The lowest BCUT2D eigenvalue weighted by atomic mass is 9.87. The van der Waals surface area contributed by atoms with Crippen molar-refractivity contribution in [3.05, 3.63) is 0 Å². The molecule has 0 aliphatic rings. The van der Waals surface area contributed by atoms with Crippen LogP contribution in [0.2, 0.25) is 0 Å². The molecule has 3 unspecified atom stereocenters. The fraction of sp³-hybridized carbons (Fsp3) is 0.952. The van der Waals surface area contributed by atoms with E-state index in [1.807, 2.05) is 32.7 Å². The maximum Gasteiger partial charge on any atom is 0.122 e. The van der Waals surface area contributed by atoms with Gasteiger partial charge in [0.05, 0.1) is 17.8 Å². The molecule has 27 heavy (non-hydrogen) atoms. The Morgan fingerprint density at radius 1 is 1.19 bits per heavy atom. The number of aliphatic hydroxyl groups excluding tert-OH is 1. The molecule has 0 aliphatic heterocycles. The second-order valence-electron chi connectivity index (χ2n) is 8.91. The van der Waals surface area contributed by atoms with Crippen LogP contribution in [0.15, 0.2) is 0 Å². The van der Waals surface area contributed by atoms with Crippen LogP contribution in [0.4, 0.5) is 0 Å². The summed E-state index contributed by atoms with van der Waals surface area (Å²) in [5.74, 6) is 0.271. The van der Waals surface area contributed by atoms with Crippen LogP contribution in [0.25, 0.3) is 0 Å². The van der Waals surface area contributed by atoms with Gasteiger partial charge in [0, 0.05) is 26.1 Å². The maximum atomic E-state index is 10.7. The van der Waals surface area contributed by atoms with E-state index in [2.05, 4.69) is 6.92 Å². The molecule has 0 radical (unpaired) electrons. The summed E-state index contributed by atoms with van der Waals surface area (Å²) in [6.45, 7) is 10.4. The van der Waals surface area contributed by atoms with Gasteiger partial charge in [-0.2, -0.15) is 0 Å². The zero-order chi connectivity index (χ0) is 21.3. The van der Waals surface area contributed by atoms with Crippen molar-refractivity contribution in [3.63, 3.8) is 0 Å². The lowest BCUT2D eigenvalue weighted by Crippen LogP contribution is -2.54. The Labute approximate surface area is 165 Å². The second-order valence-corrected chi connectivity index (χ2v) is 8.91. The second kappa shape index (κ2) is 12.1.